The number of likely N-dealkylation sites (N-methyl/N-ethyl adjacent to an activating group) is 1. The molecule has 1 saturated heterocycles. The number of nitrogens with one attached hydrogen (secondary N) is 3. The summed E-state index contributed by atoms with van der Waals surface area (Å²) in [7, 11) is 1.52. The van der Waals surface area contributed by atoms with Crippen LogP contribution >= 0.6 is 0 Å². The number of ether oxygens (including phenoxy) is 1. The Labute approximate surface area is 166 Å². The van der Waals surface area contributed by atoms with Gasteiger partial charge < -0.3 is 15.4 Å². The van der Waals surface area contributed by atoms with Crippen molar-refractivity contribution in [1.82, 2.24) is 15.5 Å². The third kappa shape index (κ3) is 3.97. The third-order valence-corrected chi connectivity index (χ3v) is 4.87. The van der Waals surface area contributed by atoms with Gasteiger partial charge in [0.2, 0.25) is 17.7 Å². The minimum absolute atomic E-state index is 0.0653. The van der Waals surface area contributed by atoms with Crippen molar-refractivity contribution in [2.75, 3.05) is 25.5 Å². The summed E-state index contributed by atoms with van der Waals surface area (Å²) in [6.07, 6.45) is -0.450. The molecule has 3 N–H and O–H groups in total. The number of rotatable bonds is 7. The Morgan fingerprint density at radius 3 is 2.72 bits per heavy atom. The van der Waals surface area contributed by atoms with Gasteiger partial charge in [0.15, 0.2) is 0 Å². The summed E-state index contributed by atoms with van der Waals surface area (Å²) in [6, 6.07) is 3.80. The summed E-state index contributed by atoms with van der Waals surface area (Å²) < 4.78 is 5.40. The Kier molecular flexibility index (Phi) is 5.92. The number of hydrogen-bond donors (Lipinski definition) is 3. The van der Waals surface area contributed by atoms with Crippen LogP contribution in [0.1, 0.15) is 40.5 Å². The number of benzene rings is 1. The van der Waals surface area contributed by atoms with E-state index in [-0.39, 0.29) is 36.5 Å². The highest BCUT2D eigenvalue weighted by molar-refractivity contribution is 6.25. The second-order valence-electron chi connectivity index (χ2n) is 6.73. The van der Waals surface area contributed by atoms with E-state index in [1.54, 1.807) is 19.1 Å². The van der Waals surface area contributed by atoms with Crippen LogP contribution in [0.2, 0.25) is 0 Å². The fraction of sp³-hybridized carbons (Fsp3) is 0.421. The van der Waals surface area contributed by atoms with Crippen LogP contribution in [0.3, 0.4) is 0 Å². The van der Waals surface area contributed by atoms with E-state index in [0.29, 0.717) is 12.2 Å². The molecule has 2 aliphatic heterocycles. The van der Waals surface area contributed by atoms with Gasteiger partial charge in [0.1, 0.15) is 12.1 Å². The molecule has 1 aromatic rings. The average Bonchev–Trinajstić information content (AvgIpc) is 2.96. The van der Waals surface area contributed by atoms with Crippen LogP contribution in [0.4, 0.5) is 5.69 Å². The van der Waals surface area contributed by atoms with Crippen molar-refractivity contribution in [2.24, 2.45) is 0 Å². The second kappa shape index (κ2) is 8.39. The number of carbonyl (C=O) groups excluding carboxylic acids is 5. The van der Waals surface area contributed by atoms with Crippen molar-refractivity contribution >= 4 is 35.2 Å². The van der Waals surface area contributed by atoms with Crippen molar-refractivity contribution in [2.45, 2.75) is 31.9 Å². The molecular weight excluding hydrogens is 380 g/mol. The third-order valence-electron chi connectivity index (χ3n) is 4.87. The molecule has 2 atom stereocenters. The molecule has 5 amide bonds. The van der Waals surface area contributed by atoms with Gasteiger partial charge in [-0.05, 0) is 25.5 Å². The zero-order valence-corrected chi connectivity index (χ0v) is 16.1. The lowest BCUT2D eigenvalue weighted by Gasteiger charge is -2.27. The molecule has 154 valence electrons. The molecule has 0 bridgehead atoms. The second-order valence-corrected chi connectivity index (χ2v) is 6.73. The first kappa shape index (κ1) is 20.5. The first-order valence-corrected chi connectivity index (χ1v) is 9.26. The fourth-order valence-electron chi connectivity index (χ4n) is 3.36. The van der Waals surface area contributed by atoms with Crippen molar-refractivity contribution in [3.8, 4) is 0 Å². The molecule has 0 aromatic heterocycles. The topological polar surface area (TPSA) is 134 Å². The van der Waals surface area contributed by atoms with Gasteiger partial charge in [-0.3, -0.25) is 34.2 Å². The Morgan fingerprint density at radius 1 is 1.28 bits per heavy atom. The molecule has 2 aliphatic rings. The molecule has 2 heterocycles. The maximum atomic E-state index is 12.9. The van der Waals surface area contributed by atoms with Crippen molar-refractivity contribution in [1.29, 1.82) is 0 Å². The molecule has 29 heavy (non-hydrogen) atoms. The van der Waals surface area contributed by atoms with E-state index in [9.17, 15) is 24.0 Å². The molecule has 1 aromatic carbocycles. The number of imide groups is 2. The number of nitrogens with zero attached hydrogens (tertiary/aromatic N) is 1. The minimum Gasteiger partial charge on any atom is -0.382 e. The van der Waals surface area contributed by atoms with Gasteiger partial charge in [-0.2, -0.15) is 0 Å². The fourth-order valence-corrected chi connectivity index (χ4v) is 3.36. The summed E-state index contributed by atoms with van der Waals surface area (Å²) in [5, 5.41) is 7.69. The van der Waals surface area contributed by atoms with Gasteiger partial charge in [-0.15, -0.1) is 0 Å². The lowest BCUT2D eigenvalue weighted by Crippen LogP contribution is -2.54. The predicted octanol–water partition coefficient (Wildman–Crippen LogP) is -0.349. The van der Waals surface area contributed by atoms with E-state index in [1.165, 1.54) is 13.1 Å². The summed E-state index contributed by atoms with van der Waals surface area (Å²) >= 11 is 0. The molecule has 0 radical (unpaired) electrons. The van der Waals surface area contributed by atoms with E-state index in [2.05, 4.69) is 16.0 Å². The Balaban J connectivity index is 1.71. The van der Waals surface area contributed by atoms with Crippen LogP contribution in [0.25, 0.3) is 0 Å². The van der Waals surface area contributed by atoms with E-state index in [1.807, 2.05) is 0 Å². The van der Waals surface area contributed by atoms with Gasteiger partial charge in [0.25, 0.3) is 11.8 Å². The summed E-state index contributed by atoms with van der Waals surface area (Å²) in [5.41, 5.74) is 0.817. The summed E-state index contributed by atoms with van der Waals surface area (Å²) in [5.74, 6) is -2.46. The van der Waals surface area contributed by atoms with Gasteiger partial charge in [-0.25, -0.2) is 0 Å². The smallest absolute Gasteiger partial charge is 0.264 e. The Morgan fingerprint density at radius 2 is 2.03 bits per heavy atom. The number of anilines is 1. The molecule has 3 rings (SSSR count). The Bertz CT molecular complexity index is 883. The number of carbonyl (C=O) groups is 5. The maximum Gasteiger partial charge on any atom is 0.264 e. The monoisotopic (exact) mass is 402 g/mol. The van der Waals surface area contributed by atoms with E-state index in [0.717, 1.165) is 4.90 Å². The molecule has 2 unspecified atom stereocenters. The highest BCUT2D eigenvalue weighted by Crippen LogP contribution is 2.32. The SMILES string of the molecule is CNC(=O)C(C)OCCNc1cccc2c1C(=O)N(C1CCC(=O)NC1=O)C2=O. The van der Waals surface area contributed by atoms with Gasteiger partial charge in [-0.1, -0.05) is 6.07 Å². The van der Waals surface area contributed by atoms with Gasteiger partial charge >= 0.3 is 0 Å². The van der Waals surface area contributed by atoms with Crippen LogP contribution in [-0.2, 0) is 19.1 Å². The number of piperidine rings is 1. The summed E-state index contributed by atoms with van der Waals surface area (Å²) in [4.78, 5) is 61.5. The summed E-state index contributed by atoms with van der Waals surface area (Å²) in [6.45, 7) is 2.13. The van der Waals surface area contributed by atoms with Crippen molar-refractivity contribution in [3.63, 3.8) is 0 Å². The van der Waals surface area contributed by atoms with E-state index in [4.69, 9.17) is 4.74 Å². The Hall–Kier alpha value is -3.27. The van der Waals surface area contributed by atoms with Crippen LogP contribution in [0, 0.1) is 0 Å². The standard InChI is InChI=1S/C19H22N4O6/c1-10(16(25)20-2)29-9-8-21-12-5-3-4-11-15(12)19(28)23(18(11)27)13-6-7-14(24)22-17(13)26/h3-5,10,13,21H,6-9H2,1-2H3,(H,20,25)(H,22,24,26). The maximum absolute atomic E-state index is 12.9. The zero-order chi connectivity index (χ0) is 21.1. The first-order valence-electron chi connectivity index (χ1n) is 9.26. The van der Waals surface area contributed by atoms with Crippen LogP contribution < -0.4 is 16.0 Å². The number of fused-ring (bicyclic) bond motifs is 1. The highest BCUT2D eigenvalue weighted by atomic mass is 16.5. The van der Waals surface area contributed by atoms with Crippen molar-refractivity contribution in [3.05, 3.63) is 29.3 Å². The molecule has 0 spiro atoms. The van der Waals surface area contributed by atoms with E-state index >= 15 is 0 Å². The molecular formula is C19H22N4O6. The van der Waals surface area contributed by atoms with Crippen LogP contribution in [0.5, 0.6) is 0 Å². The first-order chi connectivity index (χ1) is 13.8. The van der Waals surface area contributed by atoms with E-state index < -0.39 is 35.8 Å². The molecule has 0 aliphatic carbocycles. The molecule has 10 nitrogen and oxygen atoms in total. The van der Waals surface area contributed by atoms with Gasteiger partial charge in [0, 0.05) is 25.7 Å². The highest BCUT2D eigenvalue weighted by Gasteiger charge is 2.45. The van der Waals surface area contributed by atoms with Crippen molar-refractivity contribution < 1.29 is 28.7 Å². The lowest BCUT2D eigenvalue weighted by atomic mass is 10.0. The number of amides is 5. The number of hydrogen-bond acceptors (Lipinski definition) is 7. The van der Waals surface area contributed by atoms with Crippen LogP contribution in [-0.4, -0.2) is 66.8 Å². The predicted molar refractivity (Wildman–Crippen MR) is 101 cm³/mol. The van der Waals surface area contributed by atoms with Gasteiger partial charge in [0.05, 0.1) is 17.7 Å². The average molecular weight is 402 g/mol. The molecule has 0 saturated carbocycles. The lowest BCUT2D eigenvalue weighted by molar-refractivity contribution is -0.136. The quantitative estimate of drug-likeness (QED) is 0.419. The largest absolute Gasteiger partial charge is 0.382 e. The zero-order valence-electron chi connectivity index (χ0n) is 16.1. The normalized spacial score (nSPS) is 19.7. The minimum atomic E-state index is -1.01. The molecule has 10 heteroatoms. The molecule has 1 fully saturated rings. The van der Waals surface area contributed by atoms with Crippen LogP contribution in [0.15, 0.2) is 18.2 Å².